The van der Waals surface area contributed by atoms with Crippen LogP contribution in [0.3, 0.4) is 0 Å². The summed E-state index contributed by atoms with van der Waals surface area (Å²) in [4.78, 5) is 11.9. The standard InChI is InChI=1S/C13H20N2O2/c1-13(2,3)8-15-12(16)9-5-10(14)7-11(6-9)17-4/h5-7H,8,14H2,1-4H3,(H,15,16). The molecule has 4 heteroatoms. The molecule has 1 amide bonds. The molecule has 0 aliphatic heterocycles. The molecule has 0 bridgehead atoms. The van der Waals surface area contributed by atoms with E-state index in [2.05, 4.69) is 26.1 Å². The van der Waals surface area contributed by atoms with Crippen LogP contribution >= 0.6 is 0 Å². The maximum atomic E-state index is 11.9. The molecule has 0 saturated heterocycles. The van der Waals surface area contributed by atoms with Crippen molar-refractivity contribution < 1.29 is 9.53 Å². The largest absolute Gasteiger partial charge is 0.497 e. The van der Waals surface area contributed by atoms with Gasteiger partial charge in [-0.3, -0.25) is 4.79 Å². The van der Waals surface area contributed by atoms with E-state index < -0.39 is 0 Å². The van der Waals surface area contributed by atoms with Gasteiger partial charge in [0.1, 0.15) is 5.75 Å². The highest BCUT2D eigenvalue weighted by Gasteiger charge is 2.13. The Morgan fingerprint density at radius 3 is 2.53 bits per heavy atom. The first kappa shape index (κ1) is 13.4. The minimum Gasteiger partial charge on any atom is -0.497 e. The van der Waals surface area contributed by atoms with Crippen molar-refractivity contribution in [1.82, 2.24) is 5.32 Å². The summed E-state index contributed by atoms with van der Waals surface area (Å²) in [6, 6.07) is 5.00. The van der Waals surface area contributed by atoms with Crippen LogP contribution in [0.15, 0.2) is 18.2 Å². The molecule has 1 aromatic rings. The minimum absolute atomic E-state index is 0.0556. The zero-order chi connectivity index (χ0) is 13.1. The van der Waals surface area contributed by atoms with E-state index in [-0.39, 0.29) is 11.3 Å². The highest BCUT2D eigenvalue weighted by atomic mass is 16.5. The molecule has 0 aliphatic carbocycles. The van der Waals surface area contributed by atoms with Gasteiger partial charge >= 0.3 is 0 Å². The van der Waals surface area contributed by atoms with E-state index in [1.807, 2.05) is 0 Å². The molecule has 0 fully saturated rings. The van der Waals surface area contributed by atoms with Crippen LogP contribution < -0.4 is 15.8 Å². The second kappa shape index (κ2) is 5.08. The number of nitrogens with one attached hydrogen (secondary N) is 1. The molecule has 0 unspecified atom stereocenters. The predicted molar refractivity (Wildman–Crippen MR) is 69.2 cm³/mol. The zero-order valence-corrected chi connectivity index (χ0v) is 10.8. The van der Waals surface area contributed by atoms with Crippen LogP contribution in [0.2, 0.25) is 0 Å². The molecule has 0 heterocycles. The monoisotopic (exact) mass is 236 g/mol. The Labute approximate surface area is 102 Å². The van der Waals surface area contributed by atoms with Crippen molar-refractivity contribution in [2.75, 3.05) is 19.4 Å². The summed E-state index contributed by atoms with van der Waals surface area (Å²) < 4.78 is 5.07. The molecular weight excluding hydrogens is 216 g/mol. The van der Waals surface area contributed by atoms with Gasteiger partial charge in [0.2, 0.25) is 0 Å². The van der Waals surface area contributed by atoms with E-state index >= 15 is 0 Å². The maximum absolute atomic E-state index is 11.9. The summed E-state index contributed by atoms with van der Waals surface area (Å²) >= 11 is 0. The Hall–Kier alpha value is -1.71. The van der Waals surface area contributed by atoms with Gasteiger partial charge in [0.05, 0.1) is 7.11 Å². The molecule has 0 atom stereocenters. The third kappa shape index (κ3) is 4.34. The number of ether oxygens (including phenoxy) is 1. The summed E-state index contributed by atoms with van der Waals surface area (Å²) in [6.45, 7) is 6.80. The van der Waals surface area contributed by atoms with E-state index in [4.69, 9.17) is 10.5 Å². The van der Waals surface area contributed by atoms with Crippen LogP contribution in [-0.2, 0) is 0 Å². The van der Waals surface area contributed by atoms with Crippen LogP contribution in [0.5, 0.6) is 5.75 Å². The first-order valence-corrected chi connectivity index (χ1v) is 5.54. The molecule has 0 aromatic heterocycles. The molecule has 0 aliphatic rings. The maximum Gasteiger partial charge on any atom is 0.251 e. The lowest BCUT2D eigenvalue weighted by molar-refractivity contribution is 0.0939. The lowest BCUT2D eigenvalue weighted by Gasteiger charge is -2.18. The molecule has 4 nitrogen and oxygen atoms in total. The SMILES string of the molecule is COc1cc(N)cc(C(=O)NCC(C)(C)C)c1. The first-order chi connectivity index (χ1) is 7.81. The second-order valence-electron chi connectivity index (χ2n) is 5.24. The van der Waals surface area contributed by atoms with Crippen molar-refractivity contribution in [3.8, 4) is 5.75 Å². The Morgan fingerprint density at radius 1 is 1.35 bits per heavy atom. The van der Waals surface area contributed by atoms with Gasteiger partial charge in [-0.15, -0.1) is 0 Å². The van der Waals surface area contributed by atoms with Gasteiger partial charge in [0.15, 0.2) is 0 Å². The molecule has 0 saturated carbocycles. The van der Waals surface area contributed by atoms with Gasteiger partial charge in [-0.05, 0) is 17.5 Å². The fourth-order valence-electron chi connectivity index (χ4n) is 1.32. The van der Waals surface area contributed by atoms with Crippen molar-refractivity contribution in [3.05, 3.63) is 23.8 Å². The van der Waals surface area contributed by atoms with Crippen molar-refractivity contribution in [1.29, 1.82) is 0 Å². The predicted octanol–water partition coefficient (Wildman–Crippen LogP) is 2.05. The average Bonchev–Trinajstić information content (AvgIpc) is 2.23. The molecule has 3 N–H and O–H groups in total. The molecule has 0 spiro atoms. The number of carbonyl (C=O) groups is 1. The number of hydrogen-bond acceptors (Lipinski definition) is 3. The highest BCUT2D eigenvalue weighted by Crippen LogP contribution is 2.18. The van der Waals surface area contributed by atoms with Gasteiger partial charge in [-0.25, -0.2) is 0 Å². The number of carbonyl (C=O) groups excluding carboxylic acids is 1. The van der Waals surface area contributed by atoms with Crippen molar-refractivity contribution in [3.63, 3.8) is 0 Å². The number of benzene rings is 1. The average molecular weight is 236 g/mol. The molecule has 1 aromatic carbocycles. The van der Waals surface area contributed by atoms with E-state index in [0.717, 1.165) is 0 Å². The summed E-state index contributed by atoms with van der Waals surface area (Å²) in [5, 5.41) is 2.87. The summed E-state index contributed by atoms with van der Waals surface area (Å²) in [5.74, 6) is 0.455. The number of nitrogens with two attached hydrogens (primary N) is 1. The molecule has 94 valence electrons. The fraction of sp³-hybridized carbons (Fsp3) is 0.462. The van der Waals surface area contributed by atoms with Crippen LogP contribution in [0.4, 0.5) is 5.69 Å². The summed E-state index contributed by atoms with van der Waals surface area (Å²) in [5.41, 5.74) is 6.79. The number of hydrogen-bond donors (Lipinski definition) is 2. The normalized spacial score (nSPS) is 11.1. The highest BCUT2D eigenvalue weighted by molar-refractivity contribution is 5.95. The van der Waals surface area contributed by atoms with Gasteiger partial charge in [-0.2, -0.15) is 0 Å². The second-order valence-corrected chi connectivity index (χ2v) is 5.24. The third-order valence-electron chi connectivity index (χ3n) is 2.21. The van der Waals surface area contributed by atoms with Crippen molar-refractivity contribution in [2.45, 2.75) is 20.8 Å². The Kier molecular flexibility index (Phi) is 3.99. The Morgan fingerprint density at radius 2 is 2.00 bits per heavy atom. The van der Waals surface area contributed by atoms with E-state index in [1.165, 1.54) is 0 Å². The quantitative estimate of drug-likeness (QED) is 0.789. The minimum atomic E-state index is -0.134. The van der Waals surface area contributed by atoms with E-state index in [0.29, 0.717) is 23.5 Å². The summed E-state index contributed by atoms with van der Waals surface area (Å²) in [6.07, 6.45) is 0. The van der Waals surface area contributed by atoms with Crippen molar-refractivity contribution >= 4 is 11.6 Å². The summed E-state index contributed by atoms with van der Waals surface area (Å²) in [7, 11) is 1.55. The number of amides is 1. The third-order valence-corrected chi connectivity index (χ3v) is 2.21. The van der Waals surface area contributed by atoms with Crippen LogP contribution in [0, 0.1) is 5.41 Å². The topological polar surface area (TPSA) is 64.3 Å². The number of rotatable bonds is 3. The van der Waals surface area contributed by atoms with Crippen LogP contribution in [0.25, 0.3) is 0 Å². The van der Waals surface area contributed by atoms with Crippen molar-refractivity contribution in [2.24, 2.45) is 5.41 Å². The molecule has 17 heavy (non-hydrogen) atoms. The molecule has 0 radical (unpaired) electrons. The Bertz CT molecular complexity index is 408. The van der Waals surface area contributed by atoms with Gasteiger partial charge in [-0.1, -0.05) is 20.8 Å². The van der Waals surface area contributed by atoms with Crippen LogP contribution in [0.1, 0.15) is 31.1 Å². The smallest absolute Gasteiger partial charge is 0.251 e. The van der Waals surface area contributed by atoms with E-state index in [9.17, 15) is 4.79 Å². The van der Waals surface area contributed by atoms with Gasteiger partial charge in [0, 0.05) is 23.9 Å². The lowest BCUT2D eigenvalue weighted by Crippen LogP contribution is -2.32. The van der Waals surface area contributed by atoms with Crippen LogP contribution in [-0.4, -0.2) is 19.6 Å². The zero-order valence-electron chi connectivity index (χ0n) is 10.8. The molecule has 1 rings (SSSR count). The number of methoxy groups -OCH3 is 1. The lowest BCUT2D eigenvalue weighted by atomic mass is 9.97. The molecular formula is C13H20N2O2. The van der Waals surface area contributed by atoms with E-state index in [1.54, 1.807) is 25.3 Å². The number of anilines is 1. The number of nitrogen functional groups attached to an aromatic ring is 1. The van der Waals surface area contributed by atoms with Gasteiger partial charge < -0.3 is 15.8 Å². The van der Waals surface area contributed by atoms with Gasteiger partial charge in [0.25, 0.3) is 5.91 Å². The fourth-order valence-corrected chi connectivity index (χ4v) is 1.32. The first-order valence-electron chi connectivity index (χ1n) is 5.54. The Balaban J connectivity index is 2.78.